The van der Waals surface area contributed by atoms with E-state index in [0.717, 1.165) is 9.87 Å². The van der Waals surface area contributed by atoms with Crippen molar-refractivity contribution in [3.8, 4) is 5.75 Å². The Morgan fingerprint density at radius 2 is 1.70 bits per heavy atom. The number of nitrogens with zero attached hydrogens (tertiary/aromatic N) is 1. The van der Waals surface area contributed by atoms with Gasteiger partial charge in [-0.15, -0.1) is 0 Å². The Labute approximate surface area is 159 Å². The summed E-state index contributed by atoms with van der Waals surface area (Å²) in [6.45, 7) is 1.30. The number of amides is 1. The first-order valence-electron chi connectivity index (χ1n) is 8.21. The van der Waals surface area contributed by atoms with Gasteiger partial charge in [-0.25, -0.2) is 8.42 Å². The molecule has 27 heavy (non-hydrogen) atoms. The highest BCUT2D eigenvalue weighted by Crippen LogP contribution is 2.17. The zero-order valence-electron chi connectivity index (χ0n) is 15.4. The molecule has 0 saturated carbocycles. The lowest BCUT2D eigenvalue weighted by Crippen LogP contribution is -2.38. The first kappa shape index (κ1) is 20.6. The summed E-state index contributed by atoms with van der Waals surface area (Å²) in [7, 11) is -0.965. The Hall–Kier alpha value is -2.71. The van der Waals surface area contributed by atoms with Crippen molar-refractivity contribution >= 4 is 21.7 Å². The van der Waals surface area contributed by atoms with Crippen LogP contribution in [0.3, 0.4) is 0 Å². The number of benzene rings is 2. The second-order valence-electron chi connectivity index (χ2n) is 5.93. The molecule has 0 aliphatic carbocycles. The molecule has 0 saturated heterocycles. The number of ketones is 1. The Morgan fingerprint density at radius 3 is 2.30 bits per heavy atom. The van der Waals surface area contributed by atoms with Crippen molar-refractivity contribution in [3.05, 3.63) is 59.7 Å². The molecule has 2 aromatic rings. The fraction of sp³-hybridized carbons (Fsp3) is 0.263. The number of hydrogen-bond acceptors (Lipinski definition) is 5. The maximum absolute atomic E-state index is 12.6. The van der Waals surface area contributed by atoms with E-state index in [1.165, 1.54) is 38.2 Å². The minimum absolute atomic E-state index is 0.0209. The van der Waals surface area contributed by atoms with Crippen molar-refractivity contribution in [2.24, 2.45) is 0 Å². The molecule has 8 heteroatoms. The lowest BCUT2D eigenvalue weighted by atomic mass is 10.2. The molecule has 0 fully saturated rings. The van der Waals surface area contributed by atoms with E-state index in [1.807, 2.05) is 18.2 Å². The monoisotopic (exact) mass is 390 g/mol. The number of Topliss-reactive ketones (excluding diaryl/α,β-unsaturated/α-hetero) is 1. The van der Waals surface area contributed by atoms with Gasteiger partial charge in [0.1, 0.15) is 5.75 Å². The summed E-state index contributed by atoms with van der Waals surface area (Å²) >= 11 is 0. The highest BCUT2D eigenvalue weighted by molar-refractivity contribution is 7.89. The maximum atomic E-state index is 12.6. The van der Waals surface area contributed by atoms with Crippen molar-refractivity contribution in [1.82, 2.24) is 9.62 Å². The summed E-state index contributed by atoms with van der Waals surface area (Å²) in [6.07, 6.45) is 0. The van der Waals surface area contributed by atoms with E-state index in [1.54, 1.807) is 13.2 Å². The molecule has 2 aromatic carbocycles. The number of likely N-dealkylation sites (N-methyl/N-ethyl adjacent to an activating group) is 1. The van der Waals surface area contributed by atoms with Crippen molar-refractivity contribution in [3.63, 3.8) is 0 Å². The average Bonchev–Trinajstić information content (AvgIpc) is 2.66. The second kappa shape index (κ2) is 8.79. The van der Waals surface area contributed by atoms with Gasteiger partial charge in [0.05, 0.1) is 18.6 Å². The standard InChI is InChI=1S/C19H22N2O5S/c1-14(22)15-8-10-17(11-9-15)27(24,25)21(2)13-19(23)20-12-16-6-4-5-7-18(16)26-3/h4-11H,12-13H2,1-3H3,(H,20,23). The van der Waals surface area contributed by atoms with Crippen LogP contribution in [0.4, 0.5) is 0 Å². The topological polar surface area (TPSA) is 92.8 Å². The molecule has 144 valence electrons. The number of hydrogen-bond donors (Lipinski definition) is 1. The lowest BCUT2D eigenvalue weighted by Gasteiger charge is -2.17. The minimum atomic E-state index is -3.84. The SMILES string of the molecule is COc1ccccc1CNC(=O)CN(C)S(=O)(=O)c1ccc(C(C)=O)cc1. The molecule has 0 radical (unpaired) electrons. The first-order chi connectivity index (χ1) is 12.8. The lowest BCUT2D eigenvalue weighted by molar-refractivity contribution is -0.121. The molecular weight excluding hydrogens is 368 g/mol. The summed E-state index contributed by atoms with van der Waals surface area (Å²) in [6, 6.07) is 12.9. The van der Waals surface area contributed by atoms with Crippen molar-refractivity contribution < 1.29 is 22.7 Å². The first-order valence-corrected chi connectivity index (χ1v) is 9.65. The third-order valence-electron chi connectivity index (χ3n) is 4.00. The zero-order chi connectivity index (χ0) is 20.0. The minimum Gasteiger partial charge on any atom is -0.496 e. The molecule has 0 heterocycles. The van der Waals surface area contributed by atoms with E-state index in [4.69, 9.17) is 4.74 Å². The molecular formula is C19H22N2O5S. The molecule has 0 spiro atoms. The Balaban J connectivity index is 2.01. The number of carbonyl (C=O) groups is 2. The van der Waals surface area contributed by atoms with Gasteiger partial charge in [0.15, 0.2) is 5.78 Å². The van der Waals surface area contributed by atoms with Crippen LogP contribution in [0, 0.1) is 0 Å². The Kier molecular flexibility index (Phi) is 6.70. The molecule has 1 N–H and O–H groups in total. The third-order valence-corrected chi connectivity index (χ3v) is 5.82. The van der Waals surface area contributed by atoms with Gasteiger partial charge in [-0.1, -0.05) is 30.3 Å². The normalized spacial score (nSPS) is 11.3. The zero-order valence-corrected chi connectivity index (χ0v) is 16.2. The van der Waals surface area contributed by atoms with Gasteiger partial charge < -0.3 is 10.1 Å². The summed E-state index contributed by atoms with van der Waals surface area (Å²) in [5.41, 5.74) is 1.21. The van der Waals surface area contributed by atoms with Gasteiger partial charge in [-0.2, -0.15) is 4.31 Å². The van der Waals surface area contributed by atoms with Crippen molar-refractivity contribution in [1.29, 1.82) is 0 Å². The van der Waals surface area contributed by atoms with Crippen molar-refractivity contribution in [2.75, 3.05) is 20.7 Å². The molecule has 1 amide bonds. The Bertz CT molecular complexity index is 923. The van der Waals surface area contributed by atoms with Crippen LogP contribution in [0.2, 0.25) is 0 Å². The maximum Gasteiger partial charge on any atom is 0.243 e. The number of sulfonamides is 1. The quantitative estimate of drug-likeness (QED) is 0.694. The summed E-state index contributed by atoms with van der Waals surface area (Å²) in [5, 5.41) is 2.68. The molecule has 0 aliphatic rings. The van der Waals surface area contributed by atoms with Crippen LogP contribution in [-0.2, 0) is 21.4 Å². The van der Waals surface area contributed by atoms with Gasteiger partial charge in [0.25, 0.3) is 0 Å². The molecule has 0 aromatic heterocycles. The van der Waals surface area contributed by atoms with Crippen molar-refractivity contribution in [2.45, 2.75) is 18.4 Å². The number of ether oxygens (including phenoxy) is 1. The Morgan fingerprint density at radius 1 is 1.07 bits per heavy atom. The van der Waals surface area contributed by atoms with Crippen LogP contribution in [0.25, 0.3) is 0 Å². The number of methoxy groups -OCH3 is 1. The molecule has 7 nitrogen and oxygen atoms in total. The predicted molar refractivity (Wildman–Crippen MR) is 101 cm³/mol. The second-order valence-corrected chi connectivity index (χ2v) is 7.98. The molecule has 2 rings (SSSR count). The van der Waals surface area contributed by atoms with Gasteiger partial charge in [-0.05, 0) is 25.1 Å². The van der Waals surface area contributed by atoms with E-state index >= 15 is 0 Å². The van der Waals surface area contributed by atoms with E-state index in [9.17, 15) is 18.0 Å². The van der Waals surface area contributed by atoms with Gasteiger partial charge in [0, 0.05) is 24.7 Å². The highest BCUT2D eigenvalue weighted by Gasteiger charge is 2.23. The van der Waals surface area contributed by atoms with E-state index in [2.05, 4.69) is 5.32 Å². The van der Waals surface area contributed by atoms with Crippen LogP contribution in [0.15, 0.2) is 53.4 Å². The molecule has 0 unspecified atom stereocenters. The number of rotatable bonds is 8. The van der Waals surface area contributed by atoms with Gasteiger partial charge in [-0.3, -0.25) is 9.59 Å². The van der Waals surface area contributed by atoms with E-state index in [0.29, 0.717) is 11.3 Å². The smallest absolute Gasteiger partial charge is 0.243 e. The van der Waals surface area contributed by atoms with Gasteiger partial charge >= 0.3 is 0 Å². The highest BCUT2D eigenvalue weighted by atomic mass is 32.2. The predicted octanol–water partition coefficient (Wildman–Crippen LogP) is 1.83. The average molecular weight is 390 g/mol. The van der Waals surface area contributed by atoms with Crippen LogP contribution in [0.5, 0.6) is 5.75 Å². The largest absolute Gasteiger partial charge is 0.496 e. The fourth-order valence-electron chi connectivity index (χ4n) is 2.43. The number of nitrogens with one attached hydrogen (secondary N) is 1. The van der Waals surface area contributed by atoms with E-state index in [-0.39, 0.29) is 23.8 Å². The fourth-order valence-corrected chi connectivity index (χ4v) is 3.55. The van der Waals surface area contributed by atoms with E-state index < -0.39 is 15.9 Å². The molecule has 0 bridgehead atoms. The summed E-state index contributed by atoms with van der Waals surface area (Å²) in [4.78, 5) is 23.5. The van der Waals surface area contributed by atoms with Crippen LogP contribution >= 0.6 is 0 Å². The molecule has 0 atom stereocenters. The van der Waals surface area contributed by atoms with Crippen LogP contribution in [-0.4, -0.2) is 45.1 Å². The van der Waals surface area contributed by atoms with Gasteiger partial charge in [0.2, 0.25) is 15.9 Å². The number of para-hydroxylation sites is 1. The van der Waals surface area contributed by atoms with Crippen LogP contribution < -0.4 is 10.1 Å². The summed E-state index contributed by atoms with van der Waals surface area (Å²) in [5.74, 6) is 0.0553. The molecule has 0 aliphatic heterocycles. The summed E-state index contributed by atoms with van der Waals surface area (Å²) < 4.78 is 31.3. The number of carbonyl (C=O) groups excluding carboxylic acids is 2. The van der Waals surface area contributed by atoms with Crippen LogP contribution in [0.1, 0.15) is 22.8 Å². The third kappa shape index (κ3) is 5.15.